The van der Waals surface area contributed by atoms with Gasteiger partial charge in [0.2, 0.25) is 6.29 Å². The van der Waals surface area contributed by atoms with E-state index in [1.54, 1.807) is 0 Å². The Morgan fingerprint density at radius 3 is 2.37 bits per heavy atom. The Bertz CT molecular complexity index is 832. The van der Waals surface area contributed by atoms with E-state index < -0.39 is 17.7 Å². The molecule has 2 aliphatic carbocycles. The lowest BCUT2D eigenvalue weighted by atomic mass is 9.69. The summed E-state index contributed by atoms with van der Waals surface area (Å²) in [6, 6.07) is 0. The number of carboxylic acid groups (broad SMARTS) is 1. The van der Waals surface area contributed by atoms with Gasteiger partial charge in [-0.05, 0) is 94.3 Å². The van der Waals surface area contributed by atoms with Gasteiger partial charge in [-0.15, -0.1) is 0 Å². The van der Waals surface area contributed by atoms with Gasteiger partial charge in [0, 0.05) is 24.7 Å². The lowest BCUT2D eigenvalue weighted by molar-refractivity contribution is -0.187. The fourth-order valence-electron chi connectivity index (χ4n) is 7.28. The lowest BCUT2D eigenvalue weighted by Crippen LogP contribution is -2.42. The number of carboxylic acids is 1. The number of ether oxygens (including phenoxy) is 3. The molecule has 3 rings (SSSR count). The number of rotatable bonds is 14. The Hall–Kier alpha value is -1.63. The third kappa shape index (κ3) is 7.11. The molecule has 7 heteroatoms. The number of hydrogen-bond donors (Lipinski definition) is 1. The molecule has 0 amide bonds. The SMILES string of the molecule is CCC(C)(CC(CCC(=O)O)CC(C)CCC(=O)OC1CCCCO1)C(=O)OC1CC2CCC1(C)C2(C)C. The maximum absolute atomic E-state index is 13.6. The first-order valence-electron chi connectivity index (χ1n) is 15.0. The van der Waals surface area contributed by atoms with Gasteiger partial charge in [-0.2, -0.15) is 0 Å². The molecule has 7 atom stereocenters. The van der Waals surface area contributed by atoms with Crippen molar-refractivity contribution < 1.29 is 33.7 Å². The highest BCUT2D eigenvalue weighted by molar-refractivity contribution is 5.76. The van der Waals surface area contributed by atoms with Gasteiger partial charge in [-0.25, -0.2) is 0 Å². The third-order valence-corrected chi connectivity index (χ3v) is 10.7. The summed E-state index contributed by atoms with van der Waals surface area (Å²) < 4.78 is 17.3. The van der Waals surface area contributed by atoms with Crippen LogP contribution in [-0.4, -0.2) is 42.0 Å². The topological polar surface area (TPSA) is 99.1 Å². The van der Waals surface area contributed by atoms with Crippen LogP contribution in [0.2, 0.25) is 0 Å². The molecule has 0 aromatic heterocycles. The van der Waals surface area contributed by atoms with Crippen LogP contribution in [0.15, 0.2) is 0 Å². The van der Waals surface area contributed by atoms with Crippen molar-refractivity contribution in [3.8, 4) is 0 Å². The van der Waals surface area contributed by atoms with Gasteiger partial charge >= 0.3 is 17.9 Å². The van der Waals surface area contributed by atoms with Crippen LogP contribution < -0.4 is 0 Å². The van der Waals surface area contributed by atoms with Crippen molar-refractivity contribution in [1.29, 1.82) is 0 Å². The van der Waals surface area contributed by atoms with E-state index in [1.165, 1.54) is 6.42 Å². The quantitative estimate of drug-likeness (QED) is 0.241. The first-order valence-corrected chi connectivity index (χ1v) is 15.0. The number of fused-ring (bicyclic) bond motifs is 2. The van der Waals surface area contributed by atoms with Crippen LogP contribution in [0.1, 0.15) is 125 Å². The van der Waals surface area contributed by atoms with Gasteiger partial charge in [0.15, 0.2) is 0 Å². The summed E-state index contributed by atoms with van der Waals surface area (Å²) >= 11 is 0. The van der Waals surface area contributed by atoms with E-state index in [9.17, 15) is 19.5 Å². The first kappa shape index (κ1) is 30.9. The van der Waals surface area contributed by atoms with Crippen molar-refractivity contribution in [1.82, 2.24) is 0 Å². The zero-order chi connectivity index (χ0) is 28.1. The van der Waals surface area contributed by atoms with Crippen LogP contribution in [0.25, 0.3) is 0 Å². The zero-order valence-electron chi connectivity index (χ0n) is 24.7. The first-order chi connectivity index (χ1) is 17.8. The summed E-state index contributed by atoms with van der Waals surface area (Å²) in [4.78, 5) is 37.4. The summed E-state index contributed by atoms with van der Waals surface area (Å²) in [5.74, 6) is -0.344. The van der Waals surface area contributed by atoms with Crippen molar-refractivity contribution in [3.05, 3.63) is 0 Å². The highest BCUT2D eigenvalue weighted by atomic mass is 16.7. The third-order valence-electron chi connectivity index (χ3n) is 10.7. The standard InChI is InChI=1S/C31H52O7/c1-7-30(5,28(35)37-24-19-23-15-16-31(24,6)29(23,3)4)20-22(12-13-25(32)33)18-21(2)11-14-26(34)38-27-10-8-9-17-36-27/h21-24,27H,7-20H2,1-6H3,(H,32,33). The van der Waals surface area contributed by atoms with Gasteiger partial charge < -0.3 is 19.3 Å². The van der Waals surface area contributed by atoms with Gasteiger partial charge in [0.1, 0.15) is 6.10 Å². The molecule has 1 saturated heterocycles. The molecule has 2 saturated carbocycles. The largest absolute Gasteiger partial charge is 0.481 e. The summed E-state index contributed by atoms with van der Waals surface area (Å²) in [5, 5.41) is 9.36. The van der Waals surface area contributed by atoms with Gasteiger partial charge in [0.25, 0.3) is 0 Å². The molecule has 2 bridgehead atoms. The van der Waals surface area contributed by atoms with E-state index >= 15 is 0 Å². The normalized spacial score (nSPS) is 31.3. The van der Waals surface area contributed by atoms with Crippen LogP contribution in [0.3, 0.4) is 0 Å². The maximum atomic E-state index is 13.6. The second-order valence-electron chi connectivity index (χ2n) is 13.6. The average Bonchev–Trinajstić information content (AvgIpc) is 3.20. The van der Waals surface area contributed by atoms with Crippen molar-refractivity contribution in [2.24, 2.45) is 34.0 Å². The molecule has 1 N–H and O–H groups in total. The smallest absolute Gasteiger partial charge is 0.312 e. The number of carbonyl (C=O) groups is 3. The van der Waals surface area contributed by atoms with E-state index in [0.29, 0.717) is 44.6 Å². The summed E-state index contributed by atoms with van der Waals surface area (Å²) in [6.45, 7) is 13.7. The molecule has 7 unspecified atom stereocenters. The van der Waals surface area contributed by atoms with E-state index in [4.69, 9.17) is 14.2 Å². The molecule has 0 spiro atoms. The minimum absolute atomic E-state index is 0.0104. The molecule has 0 aromatic rings. The van der Waals surface area contributed by atoms with Crippen molar-refractivity contribution in [3.63, 3.8) is 0 Å². The van der Waals surface area contributed by atoms with E-state index in [-0.39, 0.29) is 47.1 Å². The average molecular weight is 537 g/mol. The fourth-order valence-corrected chi connectivity index (χ4v) is 7.28. The predicted molar refractivity (Wildman–Crippen MR) is 145 cm³/mol. The molecule has 1 aliphatic heterocycles. The van der Waals surface area contributed by atoms with Crippen molar-refractivity contribution in [2.45, 2.75) is 137 Å². The zero-order valence-corrected chi connectivity index (χ0v) is 24.7. The van der Waals surface area contributed by atoms with Crippen LogP contribution in [0.4, 0.5) is 0 Å². The second-order valence-corrected chi connectivity index (χ2v) is 13.6. The van der Waals surface area contributed by atoms with E-state index in [1.807, 2.05) is 13.8 Å². The Balaban J connectivity index is 1.57. The van der Waals surface area contributed by atoms with Crippen LogP contribution >= 0.6 is 0 Å². The molecular formula is C31H52O7. The number of aliphatic carboxylic acids is 1. The molecule has 1 heterocycles. The Labute approximate surface area is 229 Å². The van der Waals surface area contributed by atoms with Crippen molar-refractivity contribution in [2.75, 3.05) is 6.61 Å². The van der Waals surface area contributed by atoms with Crippen LogP contribution in [0.5, 0.6) is 0 Å². The molecule has 7 nitrogen and oxygen atoms in total. The number of esters is 2. The summed E-state index contributed by atoms with van der Waals surface area (Å²) in [6.07, 6.45) is 9.11. The van der Waals surface area contributed by atoms with Crippen LogP contribution in [0, 0.1) is 34.0 Å². The highest BCUT2D eigenvalue weighted by Crippen LogP contribution is 2.66. The Morgan fingerprint density at radius 2 is 1.82 bits per heavy atom. The predicted octanol–water partition coefficient (Wildman–Crippen LogP) is 6.91. The number of carbonyl (C=O) groups excluding carboxylic acids is 2. The number of hydrogen-bond acceptors (Lipinski definition) is 6. The molecular weight excluding hydrogens is 484 g/mol. The van der Waals surface area contributed by atoms with Gasteiger partial charge in [-0.1, -0.05) is 34.6 Å². The highest BCUT2D eigenvalue weighted by Gasteiger charge is 2.63. The molecule has 0 aromatic carbocycles. The van der Waals surface area contributed by atoms with Crippen molar-refractivity contribution >= 4 is 17.9 Å². The molecule has 218 valence electrons. The monoisotopic (exact) mass is 536 g/mol. The summed E-state index contributed by atoms with van der Waals surface area (Å²) in [7, 11) is 0. The Kier molecular flexibility index (Phi) is 10.3. The van der Waals surface area contributed by atoms with Gasteiger partial charge in [0.05, 0.1) is 12.0 Å². The van der Waals surface area contributed by atoms with E-state index in [2.05, 4.69) is 27.7 Å². The minimum Gasteiger partial charge on any atom is -0.481 e. The molecule has 0 radical (unpaired) electrons. The molecule has 3 aliphatic rings. The lowest BCUT2D eigenvalue weighted by Gasteiger charge is -2.40. The maximum Gasteiger partial charge on any atom is 0.312 e. The van der Waals surface area contributed by atoms with E-state index in [0.717, 1.165) is 38.5 Å². The fraction of sp³-hybridized carbons (Fsp3) is 0.903. The molecule has 38 heavy (non-hydrogen) atoms. The summed E-state index contributed by atoms with van der Waals surface area (Å²) in [5.41, 5.74) is -0.483. The van der Waals surface area contributed by atoms with Crippen LogP contribution in [-0.2, 0) is 28.6 Å². The van der Waals surface area contributed by atoms with Gasteiger partial charge in [-0.3, -0.25) is 14.4 Å². The minimum atomic E-state index is -0.823. The Morgan fingerprint density at radius 1 is 1.08 bits per heavy atom. The second kappa shape index (κ2) is 12.7. The molecule has 3 fully saturated rings.